The topological polar surface area (TPSA) is 98.5 Å². The molecule has 0 saturated carbocycles. The molecule has 1 aromatic rings. The highest BCUT2D eigenvalue weighted by Crippen LogP contribution is 2.41. The molecule has 0 aliphatic heterocycles. The molecular weight excluding hydrogens is 389 g/mol. The highest BCUT2D eigenvalue weighted by Gasteiger charge is 2.60. The summed E-state index contributed by atoms with van der Waals surface area (Å²) in [5, 5.41) is 11.0. The molecule has 0 spiro atoms. The summed E-state index contributed by atoms with van der Waals surface area (Å²) in [6.07, 6.45) is 0. The first-order valence-corrected chi connectivity index (χ1v) is 9.02. The van der Waals surface area contributed by atoms with Crippen molar-refractivity contribution in [3.8, 4) is 0 Å². The van der Waals surface area contributed by atoms with Gasteiger partial charge in [0.2, 0.25) is 5.82 Å². The molecule has 0 aliphatic rings. The lowest BCUT2D eigenvalue weighted by atomic mass is 9.86. The van der Waals surface area contributed by atoms with E-state index in [1.54, 1.807) is 0 Å². The fourth-order valence-corrected chi connectivity index (χ4v) is 2.96. The SMILES string of the molecule is CCOC(=O)C(F)(F)[C@](C)(NS(=O)C(C)(C)C)c1ccc(F)c([N+](=O)[O-])c1. The lowest BCUT2D eigenvalue weighted by molar-refractivity contribution is -0.387. The average molecular weight is 410 g/mol. The molecule has 1 N–H and O–H groups in total. The molecule has 1 aromatic carbocycles. The van der Waals surface area contributed by atoms with E-state index in [0.29, 0.717) is 12.1 Å². The van der Waals surface area contributed by atoms with Crippen molar-refractivity contribution in [2.75, 3.05) is 6.61 Å². The van der Waals surface area contributed by atoms with E-state index >= 15 is 0 Å². The number of rotatable bonds is 7. The summed E-state index contributed by atoms with van der Waals surface area (Å²) in [6.45, 7) is 6.36. The number of nitro groups is 1. The molecule has 0 fully saturated rings. The van der Waals surface area contributed by atoms with E-state index in [4.69, 9.17) is 0 Å². The molecular formula is C16H21F3N2O5S. The van der Waals surface area contributed by atoms with Crippen LogP contribution in [-0.2, 0) is 26.1 Å². The van der Waals surface area contributed by atoms with Crippen LogP contribution >= 0.6 is 0 Å². The van der Waals surface area contributed by atoms with E-state index in [2.05, 4.69) is 9.46 Å². The number of nitrogens with one attached hydrogen (secondary N) is 1. The Kier molecular flexibility index (Phi) is 6.76. The number of alkyl halides is 2. The van der Waals surface area contributed by atoms with Gasteiger partial charge in [0.25, 0.3) is 0 Å². The quantitative estimate of drug-likeness (QED) is 0.423. The third-order valence-corrected chi connectivity index (χ3v) is 5.44. The predicted octanol–water partition coefficient (Wildman–Crippen LogP) is 3.20. The van der Waals surface area contributed by atoms with E-state index in [9.17, 15) is 32.3 Å². The Bertz CT molecular complexity index is 767. The minimum absolute atomic E-state index is 0.337. The maximum atomic E-state index is 15.0. The minimum Gasteiger partial charge on any atom is -0.461 e. The maximum absolute atomic E-state index is 15.0. The van der Waals surface area contributed by atoms with Gasteiger partial charge in [0.1, 0.15) is 5.54 Å². The third kappa shape index (κ3) is 4.64. The summed E-state index contributed by atoms with van der Waals surface area (Å²) in [7, 11) is -2.10. The summed E-state index contributed by atoms with van der Waals surface area (Å²) in [5.74, 6) is -7.41. The monoisotopic (exact) mass is 410 g/mol. The van der Waals surface area contributed by atoms with Crippen LogP contribution in [0.4, 0.5) is 18.9 Å². The van der Waals surface area contributed by atoms with Crippen LogP contribution in [0.3, 0.4) is 0 Å². The Hall–Kier alpha value is -2.01. The summed E-state index contributed by atoms with van der Waals surface area (Å²) >= 11 is 0. The van der Waals surface area contributed by atoms with Crippen LogP contribution in [0.5, 0.6) is 0 Å². The lowest BCUT2D eigenvalue weighted by Gasteiger charge is -2.38. The Labute approximate surface area is 157 Å². The van der Waals surface area contributed by atoms with Crippen LogP contribution in [0.25, 0.3) is 0 Å². The zero-order valence-corrected chi connectivity index (χ0v) is 16.3. The van der Waals surface area contributed by atoms with Crippen LogP contribution in [0.2, 0.25) is 0 Å². The largest absolute Gasteiger partial charge is 0.461 e. The smallest absolute Gasteiger partial charge is 0.379 e. The van der Waals surface area contributed by atoms with Crippen molar-refractivity contribution >= 4 is 22.6 Å². The minimum atomic E-state index is -4.27. The van der Waals surface area contributed by atoms with Gasteiger partial charge in [0.05, 0.1) is 27.3 Å². The number of nitro benzene ring substituents is 1. The number of hydrogen-bond donors (Lipinski definition) is 1. The molecule has 0 aliphatic carbocycles. The van der Waals surface area contributed by atoms with E-state index in [0.717, 1.165) is 13.0 Å². The van der Waals surface area contributed by atoms with Crippen LogP contribution in [0, 0.1) is 15.9 Å². The van der Waals surface area contributed by atoms with Gasteiger partial charge in [0, 0.05) is 6.07 Å². The fourth-order valence-electron chi connectivity index (χ4n) is 2.03. The van der Waals surface area contributed by atoms with Crippen molar-refractivity contribution in [2.24, 2.45) is 0 Å². The Morgan fingerprint density at radius 1 is 1.30 bits per heavy atom. The Morgan fingerprint density at radius 2 is 1.85 bits per heavy atom. The van der Waals surface area contributed by atoms with Crippen molar-refractivity contribution in [2.45, 2.75) is 50.8 Å². The standard InChI is InChI=1S/C16H21F3N2O5S/c1-6-26-13(22)16(18,19)15(5,20-27(25)14(2,3)4)10-7-8-11(17)12(9-10)21(23)24/h7-9,20H,6H2,1-5H3/t15-,27?/m1/s1. The first-order valence-electron chi connectivity index (χ1n) is 7.87. The van der Waals surface area contributed by atoms with Gasteiger partial charge in [-0.05, 0) is 46.2 Å². The molecule has 0 radical (unpaired) electrons. The van der Waals surface area contributed by atoms with Gasteiger partial charge < -0.3 is 4.74 Å². The van der Waals surface area contributed by atoms with Crippen LogP contribution in [-0.4, -0.2) is 32.4 Å². The normalized spacial score (nSPS) is 15.7. The zero-order valence-electron chi connectivity index (χ0n) is 15.5. The van der Waals surface area contributed by atoms with Crippen LogP contribution < -0.4 is 4.72 Å². The van der Waals surface area contributed by atoms with Crippen molar-refractivity contribution in [3.63, 3.8) is 0 Å². The second kappa shape index (κ2) is 7.93. The first kappa shape index (κ1) is 23.0. The van der Waals surface area contributed by atoms with Gasteiger partial charge in [-0.1, -0.05) is 6.07 Å². The van der Waals surface area contributed by atoms with E-state index < -0.39 is 55.2 Å². The number of hydrogen-bond acceptors (Lipinski definition) is 5. The molecule has 0 heterocycles. The van der Waals surface area contributed by atoms with E-state index in [-0.39, 0.29) is 6.61 Å². The molecule has 1 unspecified atom stereocenters. The number of carbonyl (C=O) groups is 1. The second-order valence-electron chi connectivity index (χ2n) is 6.83. The number of esters is 1. The maximum Gasteiger partial charge on any atom is 0.379 e. The van der Waals surface area contributed by atoms with Crippen molar-refractivity contribution in [3.05, 3.63) is 39.7 Å². The van der Waals surface area contributed by atoms with Crippen LogP contribution in [0.15, 0.2) is 18.2 Å². The summed E-state index contributed by atoms with van der Waals surface area (Å²) in [5.41, 5.74) is -4.22. The molecule has 0 aromatic heterocycles. The van der Waals surface area contributed by atoms with Gasteiger partial charge >= 0.3 is 17.6 Å². The fraction of sp³-hybridized carbons (Fsp3) is 0.562. The molecule has 11 heteroatoms. The van der Waals surface area contributed by atoms with Crippen molar-refractivity contribution in [1.82, 2.24) is 4.72 Å². The number of carbonyl (C=O) groups excluding carboxylic acids is 1. The van der Waals surface area contributed by atoms with Gasteiger partial charge in [0.15, 0.2) is 0 Å². The molecule has 0 amide bonds. The number of halogens is 3. The number of ether oxygens (including phenoxy) is 1. The highest BCUT2D eigenvalue weighted by molar-refractivity contribution is 7.84. The summed E-state index contributed by atoms with van der Waals surface area (Å²) in [4.78, 5) is 21.8. The molecule has 152 valence electrons. The second-order valence-corrected chi connectivity index (χ2v) is 8.79. The number of nitrogens with zero attached hydrogens (tertiary/aromatic N) is 1. The Morgan fingerprint density at radius 3 is 2.30 bits per heavy atom. The van der Waals surface area contributed by atoms with Crippen molar-refractivity contribution in [1.29, 1.82) is 0 Å². The molecule has 7 nitrogen and oxygen atoms in total. The van der Waals surface area contributed by atoms with Crippen LogP contribution in [0.1, 0.15) is 40.2 Å². The molecule has 27 heavy (non-hydrogen) atoms. The molecule has 2 atom stereocenters. The van der Waals surface area contributed by atoms with Gasteiger partial charge in [-0.2, -0.15) is 13.2 Å². The van der Waals surface area contributed by atoms with E-state index in [1.807, 2.05) is 0 Å². The summed E-state index contributed by atoms with van der Waals surface area (Å²) < 4.78 is 61.7. The van der Waals surface area contributed by atoms with Crippen molar-refractivity contribution < 1.29 is 31.8 Å². The molecule has 0 saturated heterocycles. The zero-order chi connectivity index (χ0) is 21.2. The summed E-state index contributed by atoms with van der Waals surface area (Å²) in [6, 6.07) is 2.08. The van der Waals surface area contributed by atoms with Gasteiger partial charge in [-0.25, -0.2) is 13.7 Å². The van der Waals surface area contributed by atoms with Gasteiger partial charge in [-0.3, -0.25) is 10.1 Å². The Balaban J connectivity index is 3.64. The highest BCUT2D eigenvalue weighted by atomic mass is 32.2. The molecule has 0 bridgehead atoms. The lowest BCUT2D eigenvalue weighted by Crippen LogP contribution is -2.60. The van der Waals surface area contributed by atoms with Gasteiger partial charge in [-0.15, -0.1) is 0 Å². The third-order valence-electron chi connectivity index (χ3n) is 3.73. The predicted molar refractivity (Wildman–Crippen MR) is 93.0 cm³/mol. The molecule has 1 rings (SSSR count). The number of benzene rings is 1. The average Bonchev–Trinajstić information content (AvgIpc) is 2.53. The van der Waals surface area contributed by atoms with E-state index in [1.165, 1.54) is 27.7 Å². The first-order chi connectivity index (χ1) is 12.2.